The van der Waals surface area contributed by atoms with Crippen molar-refractivity contribution in [1.82, 2.24) is 0 Å². The van der Waals surface area contributed by atoms with Crippen LogP contribution in [0.15, 0.2) is 0 Å². The van der Waals surface area contributed by atoms with Crippen LogP contribution in [0.4, 0.5) is 0 Å². The molecule has 10 heteroatoms. The van der Waals surface area contributed by atoms with Crippen LogP contribution < -0.4 is 4.89 Å². The molecule has 9 nitrogen and oxygen atoms in total. The van der Waals surface area contributed by atoms with E-state index < -0.39 is 32.5 Å². The number of phosphoric ester groups is 1. The lowest BCUT2D eigenvalue weighted by Gasteiger charge is -2.28. The minimum absolute atomic E-state index is 0.0274. The zero-order valence-corrected chi connectivity index (χ0v) is 25.8. The first-order chi connectivity index (χ1) is 18.0. The van der Waals surface area contributed by atoms with E-state index in [0.29, 0.717) is 17.4 Å². The zero-order chi connectivity index (χ0) is 28.7. The lowest BCUT2D eigenvalue weighted by atomic mass is 10.1. The van der Waals surface area contributed by atoms with E-state index in [4.69, 9.17) is 18.5 Å². The first-order valence-electron chi connectivity index (χ1n) is 14.7. The Morgan fingerprint density at radius 1 is 0.711 bits per heavy atom. The summed E-state index contributed by atoms with van der Waals surface area (Å²) in [5, 5.41) is 0. The third-order valence-corrected chi connectivity index (χ3v) is 7.09. The number of nitrogens with zero attached hydrogens (tertiary/aromatic N) is 1. The molecule has 38 heavy (non-hydrogen) atoms. The normalized spacial score (nSPS) is 14.2. The van der Waals surface area contributed by atoms with Gasteiger partial charge in [-0.25, -0.2) is 0 Å². The summed E-state index contributed by atoms with van der Waals surface area (Å²) in [4.78, 5) is 36.7. The molecule has 0 aliphatic carbocycles. The predicted octanol–water partition coefficient (Wildman–Crippen LogP) is 5.93. The lowest BCUT2D eigenvalue weighted by molar-refractivity contribution is -0.870. The van der Waals surface area contributed by atoms with Gasteiger partial charge in [0, 0.05) is 12.8 Å². The number of ether oxygens (including phenoxy) is 2. The number of phosphoric acid groups is 1. The standard InChI is InChI=1S/C28H56NO8P/c1-6-8-10-12-14-15-17-19-21-28(31)37-26(24-34-27(30)20-18-16-13-11-9-7-2)25-36-38(32,33)35-23-22-29(3,4)5/h26H,6-25H2,1-5H3. The maximum atomic E-state index is 12.4. The second kappa shape index (κ2) is 22.8. The lowest BCUT2D eigenvalue weighted by Crippen LogP contribution is -2.37. The number of esters is 2. The number of likely N-dealkylation sites (N-methyl/N-ethyl adjacent to an activating group) is 1. The van der Waals surface area contributed by atoms with Gasteiger partial charge in [-0.2, -0.15) is 0 Å². The fourth-order valence-corrected chi connectivity index (χ4v) is 4.44. The molecule has 0 fully saturated rings. The summed E-state index contributed by atoms with van der Waals surface area (Å²) in [5.74, 6) is -0.850. The van der Waals surface area contributed by atoms with Crippen LogP contribution in [0, 0.1) is 0 Å². The highest BCUT2D eigenvalue weighted by molar-refractivity contribution is 7.45. The number of hydrogen-bond donors (Lipinski definition) is 0. The summed E-state index contributed by atoms with van der Waals surface area (Å²) in [7, 11) is 1.17. The Kier molecular flexibility index (Phi) is 22.2. The van der Waals surface area contributed by atoms with Crippen LogP contribution in [-0.2, 0) is 32.7 Å². The molecular formula is C28H56NO8P. The van der Waals surface area contributed by atoms with E-state index in [1.54, 1.807) is 0 Å². The van der Waals surface area contributed by atoms with Crippen LogP contribution in [0.25, 0.3) is 0 Å². The summed E-state index contributed by atoms with van der Waals surface area (Å²) < 4.78 is 33.3. The van der Waals surface area contributed by atoms with Crippen molar-refractivity contribution >= 4 is 19.8 Å². The average molecular weight is 566 g/mol. The number of rotatable bonds is 26. The van der Waals surface area contributed by atoms with Gasteiger partial charge in [0.25, 0.3) is 7.82 Å². The van der Waals surface area contributed by atoms with Crippen molar-refractivity contribution in [2.75, 3.05) is 47.5 Å². The topological polar surface area (TPSA) is 111 Å². The van der Waals surface area contributed by atoms with E-state index >= 15 is 0 Å². The molecule has 0 amide bonds. The predicted molar refractivity (Wildman–Crippen MR) is 148 cm³/mol. The molecule has 0 saturated heterocycles. The molecule has 0 aliphatic heterocycles. The molecule has 0 aromatic carbocycles. The van der Waals surface area contributed by atoms with Crippen LogP contribution in [0.5, 0.6) is 0 Å². The van der Waals surface area contributed by atoms with Crippen molar-refractivity contribution < 1.29 is 42.1 Å². The Hall–Kier alpha value is -0.990. The van der Waals surface area contributed by atoms with E-state index in [0.717, 1.165) is 44.9 Å². The molecular weight excluding hydrogens is 509 g/mol. The zero-order valence-electron chi connectivity index (χ0n) is 24.9. The average Bonchev–Trinajstić information content (AvgIpc) is 2.83. The highest BCUT2D eigenvalue weighted by atomic mass is 31.2. The van der Waals surface area contributed by atoms with E-state index in [2.05, 4.69) is 13.8 Å². The van der Waals surface area contributed by atoms with Crippen LogP contribution in [0.1, 0.15) is 117 Å². The van der Waals surface area contributed by atoms with Crippen LogP contribution >= 0.6 is 7.82 Å². The van der Waals surface area contributed by atoms with Crippen molar-refractivity contribution in [2.45, 2.75) is 123 Å². The molecule has 2 atom stereocenters. The number of carbonyl (C=O) groups excluding carboxylic acids is 2. The Morgan fingerprint density at radius 2 is 1.18 bits per heavy atom. The molecule has 0 rings (SSSR count). The van der Waals surface area contributed by atoms with Crippen molar-refractivity contribution in [2.24, 2.45) is 0 Å². The van der Waals surface area contributed by atoms with Gasteiger partial charge in [0.1, 0.15) is 19.8 Å². The van der Waals surface area contributed by atoms with Gasteiger partial charge in [0.2, 0.25) is 0 Å². The quantitative estimate of drug-likeness (QED) is 0.0549. The van der Waals surface area contributed by atoms with Gasteiger partial charge in [-0.05, 0) is 12.8 Å². The van der Waals surface area contributed by atoms with Crippen LogP contribution in [-0.4, -0.2) is 70.0 Å². The molecule has 0 saturated carbocycles. The summed E-state index contributed by atoms with van der Waals surface area (Å²) >= 11 is 0. The third kappa shape index (κ3) is 25.3. The molecule has 0 bridgehead atoms. The Morgan fingerprint density at radius 3 is 1.68 bits per heavy atom. The molecule has 226 valence electrons. The van der Waals surface area contributed by atoms with Crippen molar-refractivity contribution in [1.29, 1.82) is 0 Å². The molecule has 0 N–H and O–H groups in total. The minimum Gasteiger partial charge on any atom is -0.756 e. The summed E-state index contributed by atoms with van der Waals surface area (Å²) in [6.45, 7) is 4.08. The fourth-order valence-electron chi connectivity index (χ4n) is 3.71. The highest BCUT2D eigenvalue weighted by Crippen LogP contribution is 2.38. The Balaban J connectivity index is 4.57. The summed E-state index contributed by atoms with van der Waals surface area (Å²) in [5.41, 5.74) is 0. The maximum absolute atomic E-state index is 12.4. The van der Waals surface area contributed by atoms with Crippen LogP contribution in [0.2, 0.25) is 0 Å². The van der Waals surface area contributed by atoms with Gasteiger partial charge in [-0.15, -0.1) is 0 Å². The smallest absolute Gasteiger partial charge is 0.306 e. The van der Waals surface area contributed by atoms with Crippen molar-refractivity contribution in [3.63, 3.8) is 0 Å². The molecule has 0 spiro atoms. The van der Waals surface area contributed by atoms with Crippen LogP contribution in [0.3, 0.4) is 0 Å². The summed E-state index contributed by atoms with van der Waals surface area (Å²) in [6.07, 6.45) is 14.6. The highest BCUT2D eigenvalue weighted by Gasteiger charge is 2.21. The number of hydrogen-bond acceptors (Lipinski definition) is 8. The van der Waals surface area contributed by atoms with E-state index in [1.165, 1.54) is 38.5 Å². The minimum atomic E-state index is -4.59. The first kappa shape index (κ1) is 37.0. The van der Waals surface area contributed by atoms with Gasteiger partial charge >= 0.3 is 11.9 Å². The molecule has 0 aromatic rings. The van der Waals surface area contributed by atoms with Gasteiger partial charge in [-0.3, -0.25) is 14.2 Å². The second-order valence-corrected chi connectivity index (χ2v) is 12.5. The van der Waals surface area contributed by atoms with Gasteiger partial charge in [0.05, 0.1) is 27.7 Å². The number of unbranched alkanes of at least 4 members (excludes halogenated alkanes) is 12. The maximum Gasteiger partial charge on any atom is 0.306 e. The largest absolute Gasteiger partial charge is 0.756 e. The van der Waals surface area contributed by atoms with E-state index in [1.807, 2.05) is 21.1 Å². The van der Waals surface area contributed by atoms with E-state index in [9.17, 15) is 19.0 Å². The SMILES string of the molecule is CCCCCCCCCCC(=O)OC(COC(=O)CCCCCCCC)COP(=O)([O-])OCC[N+](C)(C)C. The molecule has 2 unspecified atom stereocenters. The Labute approximate surface area is 232 Å². The van der Waals surface area contributed by atoms with Gasteiger partial charge in [0.15, 0.2) is 6.10 Å². The number of carbonyl (C=O) groups is 2. The van der Waals surface area contributed by atoms with Crippen molar-refractivity contribution in [3.05, 3.63) is 0 Å². The Bertz CT molecular complexity index is 653. The molecule has 0 aliphatic rings. The van der Waals surface area contributed by atoms with E-state index in [-0.39, 0.29) is 26.1 Å². The first-order valence-corrected chi connectivity index (χ1v) is 16.2. The molecule has 0 heterocycles. The second-order valence-electron chi connectivity index (χ2n) is 11.1. The summed E-state index contributed by atoms with van der Waals surface area (Å²) in [6, 6.07) is 0. The van der Waals surface area contributed by atoms with Gasteiger partial charge in [-0.1, -0.05) is 90.9 Å². The van der Waals surface area contributed by atoms with Crippen molar-refractivity contribution in [3.8, 4) is 0 Å². The fraction of sp³-hybridized carbons (Fsp3) is 0.929. The van der Waals surface area contributed by atoms with Gasteiger partial charge < -0.3 is 27.9 Å². The third-order valence-electron chi connectivity index (χ3n) is 6.13. The number of quaternary nitrogens is 1. The molecule has 0 radical (unpaired) electrons. The monoisotopic (exact) mass is 565 g/mol. The molecule has 0 aromatic heterocycles.